The molecule has 0 amide bonds. The van der Waals surface area contributed by atoms with E-state index in [4.69, 9.17) is 10.5 Å². The molecule has 0 saturated carbocycles. The van der Waals surface area contributed by atoms with Crippen LogP contribution in [0.1, 0.15) is 25.5 Å². The predicted molar refractivity (Wildman–Crippen MR) is 63.0 cm³/mol. The Balaban J connectivity index is 2.71. The highest BCUT2D eigenvalue weighted by Gasteiger charge is 2.09. The molecule has 0 bridgehead atoms. The van der Waals surface area contributed by atoms with E-state index in [9.17, 15) is 4.39 Å². The summed E-state index contributed by atoms with van der Waals surface area (Å²) in [5, 5.41) is 3.13. The van der Waals surface area contributed by atoms with Crippen LogP contribution in [-0.4, -0.2) is 19.7 Å². The van der Waals surface area contributed by atoms with Crippen molar-refractivity contribution in [1.29, 1.82) is 0 Å². The van der Waals surface area contributed by atoms with E-state index >= 15 is 0 Å². The molecular weight excluding hydrogens is 207 g/mol. The standard InChI is InChI=1S/C12H19FN2O/c1-3-15-8-11(14)9-5-6-12(16-4-2)10(13)7-9/h5-7,11,15H,3-4,8,14H2,1-2H3. The van der Waals surface area contributed by atoms with Crippen molar-refractivity contribution in [2.24, 2.45) is 5.73 Å². The fourth-order valence-corrected chi connectivity index (χ4v) is 1.44. The Morgan fingerprint density at radius 3 is 2.75 bits per heavy atom. The molecule has 4 heteroatoms. The maximum atomic E-state index is 13.5. The Bertz CT molecular complexity index is 331. The van der Waals surface area contributed by atoms with Gasteiger partial charge in [0.05, 0.1) is 6.61 Å². The van der Waals surface area contributed by atoms with Crippen LogP contribution >= 0.6 is 0 Å². The topological polar surface area (TPSA) is 47.3 Å². The van der Waals surface area contributed by atoms with Crippen molar-refractivity contribution in [2.45, 2.75) is 19.9 Å². The molecule has 0 heterocycles. The molecule has 0 saturated heterocycles. The minimum absolute atomic E-state index is 0.190. The van der Waals surface area contributed by atoms with Crippen molar-refractivity contribution in [3.8, 4) is 5.75 Å². The van der Waals surface area contributed by atoms with E-state index in [1.165, 1.54) is 6.07 Å². The molecular formula is C12H19FN2O. The van der Waals surface area contributed by atoms with Crippen LogP contribution in [0.5, 0.6) is 5.75 Å². The Kier molecular flexibility index (Phi) is 5.22. The average molecular weight is 226 g/mol. The van der Waals surface area contributed by atoms with Crippen LogP contribution in [0.15, 0.2) is 18.2 Å². The molecule has 16 heavy (non-hydrogen) atoms. The summed E-state index contributed by atoms with van der Waals surface area (Å²) in [5.41, 5.74) is 6.68. The van der Waals surface area contributed by atoms with Crippen LogP contribution in [0.3, 0.4) is 0 Å². The maximum absolute atomic E-state index is 13.5. The first-order valence-corrected chi connectivity index (χ1v) is 5.57. The Morgan fingerprint density at radius 1 is 1.44 bits per heavy atom. The number of rotatable bonds is 6. The summed E-state index contributed by atoms with van der Waals surface area (Å²) in [6.07, 6.45) is 0. The van der Waals surface area contributed by atoms with Gasteiger partial charge in [-0.15, -0.1) is 0 Å². The molecule has 90 valence electrons. The molecule has 0 aliphatic heterocycles. The summed E-state index contributed by atoms with van der Waals surface area (Å²) in [5.74, 6) is -0.0757. The molecule has 1 rings (SSSR count). The number of hydrogen-bond acceptors (Lipinski definition) is 3. The molecule has 1 unspecified atom stereocenters. The van der Waals surface area contributed by atoms with Crippen LogP contribution in [0, 0.1) is 5.82 Å². The molecule has 3 nitrogen and oxygen atoms in total. The SMILES string of the molecule is CCNCC(N)c1ccc(OCC)c(F)c1. The number of likely N-dealkylation sites (N-methyl/N-ethyl adjacent to an activating group) is 1. The zero-order valence-electron chi connectivity index (χ0n) is 9.79. The van der Waals surface area contributed by atoms with E-state index in [0.29, 0.717) is 13.2 Å². The molecule has 0 spiro atoms. The maximum Gasteiger partial charge on any atom is 0.165 e. The van der Waals surface area contributed by atoms with Gasteiger partial charge in [-0.25, -0.2) is 4.39 Å². The van der Waals surface area contributed by atoms with Crippen molar-refractivity contribution in [3.63, 3.8) is 0 Å². The first-order chi connectivity index (χ1) is 7.69. The van der Waals surface area contributed by atoms with Gasteiger partial charge in [-0.1, -0.05) is 13.0 Å². The highest BCUT2D eigenvalue weighted by atomic mass is 19.1. The highest BCUT2D eigenvalue weighted by molar-refractivity contribution is 5.31. The normalized spacial score (nSPS) is 12.5. The van der Waals surface area contributed by atoms with Gasteiger partial charge in [-0.3, -0.25) is 0 Å². The number of nitrogens with one attached hydrogen (secondary N) is 1. The van der Waals surface area contributed by atoms with Gasteiger partial charge < -0.3 is 15.8 Å². The first-order valence-electron chi connectivity index (χ1n) is 5.57. The van der Waals surface area contributed by atoms with Crippen molar-refractivity contribution in [2.75, 3.05) is 19.7 Å². The van der Waals surface area contributed by atoms with Crippen LogP contribution in [0.4, 0.5) is 4.39 Å². The number of nitrogens with two attached hydrogens (primary N) is 1. The second-order valence-electron chi connectivity index (χ2n) is 3.54. The van der Waals surface area contributed by atoms with E-state index < -0.39 is 0 Å². The van der Waals surface area contributed by atoms with E-state index in [2.05, 4.69) is 5.32 Å². The molecule has 1 aromatic carbocycles. The van der Waals surface area contributed by atoms with Gasteiger partial charge in [-0.05, 0) is 31.2 Å². The lowest BCUT2D eigenvalue weighted by Gasteiger charge is -2.13. The number of ether oxygens (including phenoxy) is 1. The summed E-state index contributed by atoms with van der Waals surface area (Å²) in [4.78, 5) is 0. The van der Waals surface area contributed by atoms with E-state index in [1.54, 1.807) is 12.1 Å². The third kappa shape index (κ3) is 3.47. The summed E-state index contributed by atoms with van der Waals surface area (Å²) in [6.45, 7) is 5.78. The smallest absolute Gasteiger partial charge is 0.165 e. The Labute approximate surface area is 95.8 Å². The molecule has 1 aromatic rings. The highest BCUT2D eigenvalue weighted by Crippen LogP contribution is 2.20. The lowest BCUT2D eigenvalue weighted by atomic mass is 10.1. The summed E-state index contributed by atoms with van der Waals surface area (Å²) < 4.78 is 18.6. The Morgan fingerprint density at radius 2 is 2.19 bits per heavy atom. The lowest BCUT2D eigenvalue weighted by molar-refractivity contribution is 0.321. The largest absolute Gasteiger partial charge is 0.491 e. The molecule has 0 aliphatic rings. The van der Waals surface area contributed by atoms with E-state index in [-0.39, 0.29) is 17.6 Å². The van der Waals surface area contributed by atoms with Gasteiger partial charge in [0, 0.05) is 12.6 Å². The number of hydrogen-bond donors (Lipinski definition) is 2. The zero-order chi connectivity index (χ0) is 12.0. The van der Waals surface area contributed by atoms with Gasteiger partial charge in [-0.2, -0.15) is 0 Å². The monoisotopic (exact) mass is 226 g/mol. The second kappa shape index (κ2) is 6.45. The minimum atomic E-state index is -0.355. The molecule has 0 aliphatic carbocycles. The van der Waals surface area contributed by atoms with Crippen molar-refractivity contribution >= 4 is 0 Å². The summed E-state index contributed by atoms with van der Waals surface area (Å²) in [7, 11) is 0. The van der Waals surface area contributed by atoms with Crippen molar-refractivity contribution in [3.05, 3.63) is 29.6 Å². The van der Waals surface area contributed by atoms with Crippen LogP contribution in [-0.2, 0) is 0 Å². The van der Waals surface area contributed by atoms with Gasteiger partial charge in [0.2, 0.25) is 0 Å². The molecule has 0 aromatic heterocycles. The summed E-state index contributed by atoms with van der Waals surface area (Å²) in [6, 6.07) is 4.67. The minimum Gasteiger partial charge on any atom is -0.491 e. The zero-order valence-corrected chi connectivity index (χ0v) is 9.79. The van der Waals surface area contributed by atoms with Gasteiger partial charge in [0.25, 0.3) is 0 Å². The molecule has 0 fully saturated rings. The fourth-order valence-electron chi connectivity index (χ4n) is 1.44. The van der Waals surface area contributed by atoms with Gasteiger partial charge >= 0.3 is 0 Å². The third-order valence-corrected chi connectivity index (χ3v) is 2.30. The number of benzene rings is 1. The number of halogens is 1. The molecule has 1 atom stereocenters. The van der Waals surface area contributed by atoms with Gasteiger partial charge in [0.1, 0.15) is 0 Å². The second-order valence-corrected chi connectivity index (χ2v) is 3.54. The Hall–Kier alpha value is -1.13. The summed E-state index contributed by atoms with van der Waals surface area (Å²) >= 11 is 0. The lowest BCUT2D eigenvalue weighted by Crippen LogP contribution is -2.26. The molecule has 0 radical (unpaired) electrons. The third-order valence-electron chi connectivity index (χ3n) is 2.30. The van der Waals surface area contributed by atoms with Crippen molar-refractivity contribution < 1.29 is 9.13 Å². The predicted octanol–water partition coefficient (Wildman–Crippen LogP) is 1.83. The van der Waals surface area contributed by atoms with Crippen LogP contribution < -0.4 is 15.8 Å². The van der Waals surface area contributed by atoms with E-state index in [1.807, 2.05) is 13.8 Å². The molecule has 3 N–H and O–H groups in total. The van der Waals surface area contributed by atoms with Crippen LogP contribution in [0.2, 0.25) is 0 Å². The van der Waals surface area contributed by atoms with Crippen LogP contribution in [0.25, 0.3) is 0 Å². The first kappa shape index (κ1) is 12.9. The quantitative estimate of drug-likeness (QED) is 0.778. The van der Waals surface area contributed by atoms with Crippen molar-refractivity contribution in [1.82, 2.24) is 5.32 Å². The average Bonchev–Trinajstić information content (AvgIpc) is 2.29. The fraction of sp³-hybridized carbons (Fsp3) is 0.500. The van der Waals surface area contributed by atoms with Gasteiger partial charge in [0.15, 0.2) is 11.6 Å². The van der Waals surface area contributed by atoms with E-state index in [0.717, 1.165) is 12.1 Å².